The molecule has 0 radical (unpaired) electrons. The van der Waals surface area contributed by atoms with E-state index >= 15 is 0 Å². The standard InChI is InChI=1S/C29H56N6O9/c1-27(2,3)42-24(39)33-18-19(36)17-32-23(38)20(34-25(40)43-28(4,5)6)13-10-11-16-31-22(37)21(14-12-15-30)35-26(41)44-29(7,8)9/h19-21,36H,10-18,30H2,1-9H3,(H,31,37)(H,32,38)(H,33,39)(H,34,40)(H,35,41)/t19?,20-,21-/m0/s1. The number of hydrogen-bond donors (Lipinski definition) is 7. The fourth-order valence-corrected chi connectivity index (χ4v) is 3.50. The minimum absolute atomic E-state index is 0.159. The van der Waals surface area contributed by atoms with E-state index in [0.717, 1.165) is 0 Å². The molecule has 0 aliphatic carbocycles. The second-order valence-corrected chi connectivity index (χ2v) is 13.4. The van der Waals surface area contributed by atoms with Crippen molar-refractivity contribution in [1.82, 2.24) is 26.6 Å². The van der Waals surface area contributed by atoms with Crippen molar-refractivity contribution in [2.45, 2.75) is 129 Å². The molecule has 3 atom stereocenters. The van der Waals surface area contributed by atoms with E-state index in [1.807, 2.05) is 0 Å². The van der Waals surface area contributed by atoms with Crippen LogP contribution in [0.3, 0.4) is 0 Å². The molecule has 0 aromatic heterocycles. The Morgan fingerprint density at radius 1 is 0.614 bits per heavy atom. The van der Waals surface area contributed by atoms with Gasteiger partial charge in [-0.3, -0.25) is 9.59 Å². The van der Waals surface area contributed by atoms with E-state index in [0.29, 0.717) is 32.2 Å². The van der Waals surface area contributed by atoms with Gasteiger partial charge in [-0.25, -0.2) is 14.4 Å². The predicted octanol–water partition coefficient (Wildman–Crippen LogP) is 1.80. The summed E-state index contributed by atoms with van der Waals surface area (Å²) in [6, 6.07) is -1.81. The van der Waals surface area contributed by atoms with Gasteiger partial charge in [0, 0.05) is 19.6 Å². The van der Waals surface area contributed by atoms with Crippen molar-refractivity contribution in [3.05, 3.63) is 0 Å². The van der Waals surface area contributed by atoms with Crippen molar-refractivity contribution in [2.75, 3.05) is 26.2 Å². The molecule has 0 bridgehead atoms. The topological polar surface area (TPSA) is 219 Å². The summed E-state index contributed by atoms with van der Waals surface area (Å²) < 4.78 is 15.6. The maximum absolute atomic E-state index is 12.9. The summed E-state index contributed by atoms with van der Waals surface area (Å²) in [5, 5.41) is 23.1. The first-order valence-corrected chi connectivity index (χ1v) is 15.0. The minimum atomic E-state index is -1.11. The highest BCUT2D eigenvalue weighted by molar-refractivity contribution is 5.86. The second-order valence-electron chi connectivity index (χ2n) is 13.4. The van der Waals surface area contributed by atoms with Crippen molar-refractivity contribution in [1.29, 1.82) is 0 Å². The van der Waals surface area contributed by atoms with E-state index in [9.17, 15) is 29.1 Å². The number of amides is 5. The third-order valence-corrected chi connectivity index (χ3v) is 5.32. The Hall–Kier alpha value is -3.33. The van der Waals surface area contributed by atoms with Gasteiger partial charge in [-0.1, -0.05) is 0 Å². The molecule has 0 fully saturated rings. The molecule has 0 saturated heterocycles. The number of hydrogen-bond acceptors (Lipinski definition) is 10. The smallest absolute Gasteiger partial charge is 0.408 e. The van der Waals surface area contributed by atoms with E-state index < -0.39 is 59.2 Å². The molecule has 1 unspecified atom stereocenters. The van der Waals surface area contributed by atoms with Crippen LogP contribution in [0.2, 0.25) is 0 Å². The zero-order valence-corrected chi connectivity index (χ0v) is 27.9. The SMILES string of the molecule is CC(C)(C)OC(=O)NCC(O)CNC(=O)[C@H](CCCCNC(=O)[C@H](CCCN)NC(=O)OC(C)(C)C)NC(=O)OC(C)(C)C. The number of nitrogens with one attached hydrogen (secondary N) is 5. The Balaban J connectivity index is 4.99. The molecule has 0 aliphatic heterocycles. The van der Waals surface area contributed by atoms with Crippen molar-refractivity contribution in [3.8, 4) is 0 Å². The van der Waals surface area contributed by atoms with Gasteiger partial charge >= 0.3 is 18.3 Å². The Bertz CT molecular complexity index is 926. The first-order chi connectivity index (χ1) is 20.1. The Kier molecular flexibility index (Phi) is 17.7. The molecule has 0 saturated carbocycles. The van der Waals surface area contributed by atoms with Gasteiger partial charge in [0.1, 0.15) is 28.9 Å². The number of aliphatic hydroxyl groups excluding tert-OH is 1. The van der Waals surface area contributed by atoms with Gasteiger partial charge in [-0.05, 0) is 101 Å². The van der Waals surface area contributed by atoms with Crippen molar-refractivity contribution < 1.29 is 43.3 Å². The molecular formula is C29H56N6O9. The van der Waals surface area contributed by atoms with Crippen molar-refractivity contribution in [3.63, 3.8) is 0 Å². The molecule has 15 heteroatoms. The summed E-state index contributed by atoms with van der Waals surface area (Å²) in [6.07, 6.45) is -1.34. The van der Waals surface area contributed by atoms with Gasteiger partial charge in [0.25, 0.3) is 0 Å². The summed E-state index contributed by atoms with van der Waals surface area (Å²) in [5.74, 6) is -0.945. The van der Waals surface area contributed by atoms with Gasteiger partial charge in [0.15, 0.2) is 0 Å². The fraction of sp³-hybridized carbons (Fsp3) is 0.828. The molecule has 44 heavy (non-hydrogen) atoms. The van der Waals surface area contributed by atoms with Crippen LogP contribution in [0.1, 0.15) is 94.4 Å². The number of unbranched alkanes of at least 4 members (excludes halogenated alkanes) is 1. The highest BCUT2D eigenvalue weighted by atomic mass is 16.6. The van der Waals surface area contributed by atoms with Gasteiger partial charge in [-0.2, -0.15) is 0 Å². The van der Waals surface area contributed by atoms with E-state index in [4.69, 9.17) is 19.9 Å². The molecule has 5 amide bonds. The van der Waals surface area contributed by atoms with E-state index in [1.165, 1.54) is 0 Å². The summed E-state index contributed by atoms with van der Waals surface area (Å²) in [4.78, 5) is 62.0. The zero-order chi connectivity index (χ0) is 34.1. The Labute approximate surface area is 261 Å². The largest absolute Gasteiger partial charge is 0.444 e. The maximum Gasteiger partial charge on any atom is 0.408 e. The molecule has 0 aromatic carbocycles. The zero-order valence-electron chi connectivity index (χ0n) is 27.9. The third kappa shape index (κ3) is 22.2. The van der Waals surface area contributed by atoms with Gasteiger partial charge < -0.3 is 51.6 Å². The molecule has 0 aliphatic rings. The van der Waals surface area contributed by atoms with Crippen molar-refractivity contribution >= 4 is 30.1 Å². The van der Waals surface area contributed by atoms with Gasteiger partial charge in [-0.15, -0.1) is 0 Å². The van der Waals surface area contributed by atoms with Crippen molar-refractivity contribution in [2.24, 2.45) is 5.73 Å². The Morgan fingerprint density at radius 2 is 1.02 bits per heavy atom. The van der Waals surface area contributed by atoms with Gasteiger partial charge in [0.2, 0.25) is 11.8 Å². The van der Waals surface area contributed by atoms with Crippen LogP contribution >= 0.6 is 0 Å². The monoisotopic (exact) mass is 632 g/mol. The number of alkyl carbamates (subject to hydrolysis) is 3. The number of rotatable bonds is 16. The fourth-order valence-electron chi connectivity index (χ4n) is 3.50. The molecule has 0 aromatic rings. The molecule has 0 heterocycles. The highest BCUT2D eigenvalue weighted by Crippen LogP contribution is 2.10. The summed E-state index contributed by atoms with van der Waals surface area (Å²) >= 11 is 0. The Morgan fingerprint density at radius 3 is 1.48 bits per heavy atom. The van der Waals surface area contributed by atoms with Crippen LogP contribution in [0.5, 0.6) is 0 Å². The van der Waals surface area contributed by atoms with E-state index in [-0.39, 0.29) is 32.0 Å². The molecule has 0 rings (SSSR count). The number of carbonyl (C=O) groups is 5. The quantitative estimate of drug-likeness (QED) is 0.0966. The highest BCUT2D eigenvalue weighted by Gasteiger charge is 2.26. The minimum Gasteiger partial charge on any atom is -0.444 e. The summed E-state index contributed by atoms with van der Waals surface area (Å²) in [6.45, 7) is 15.6. The first-order valence-electron chi connectivity index (χ1n) is 15.0. The number of carbonyl (C=O) groups excluding carboxylic acids is 5. The molecule has 15 nitrogen and oxygen atoms in total. The lowest BCUT2D eigenvalue weighted by atomic mass is 10.1. The predicted molar refractivity (Wildman–Crippen MR) is 165 cm³/mol. The first kappa shape index (κ1) is 40.7. The summed E-state index contributed by atoms with van der Waals surface area (Å²) in [7, 11) is 0. The lowest BCUT2D eigenvalue weighted by Crippen LogP contribution is -2.50. The normalized spacial score (nSPS) is 13.9. The van der Waals surface area contributed by atoms with Crippen LogP contribution in [0.25, 0.3) is 0 Å². The van der Waals surface area contributed by atoms with Gasteiger partial charge in [0.05, 0.1) is 6.10 Å². The number of aliphatic hydroxyl groups is 1. The van der Waals surface area contributed by atoms with Crippen LogP contribution in [0.4, 0.5) is 14.4 Å². The van der Waals surface area contributed by atoms with E-state index in [2.05, 4.69) is 26.6 Å². The summed E-state index contributed by atoms with van der Waals surface area (Å²) in [5.41, 5.74) is 3.37. The molecule has 8 N–H and O–H groups in total. The average Bonchev–Trinajstić information content (AvgIpc) is 2.84. The van der Waals surface area contributed by atoms with Crippen LogP contribution in [-0.2, 0) is 23.8 Å². The van der Waals surface area contributed by atoms with Crippen LogP contribution in [-0.4, -0.2) is 96.4 Å². The third-order valence-electron chi connectivity index (χ3n) is 5.32. The van der Waals surface area contributed by atoms with Crippen LogP contribution in [0.15, 0.2) is 0 Å². The maximum atomic E-state index is 12.9. The lowest BCUT2D eigenvalue weighted by Gasteiger charge is -2.24. The average molecular weight is 633 g/mol. The van der Waals surface area contributed by atoms with Crippen LogP contribution in [0, 0.1) is 0 Å². The molecule has 256 valence electrons. The van der Waals surface area contributed by atoms with E-state index in [1.54, 1.807) is 62.3 Å². The lowest BCUT2D eigenvalue weighted by molar-refractivity contribution is -0.124. The molecule has 0 spiro atoms. The second kappa shape index (κ2) is 19.1. The number of nitrogens with two attached hydrogens (primary N) is 1. The van der Waals surface area contributed by atoms with Crippen LogP contribution < -0.4 is 32.3 Å². The number of ether oxygens (including phenoxy) is 3. The molecular weight excluding hydrogens is 576 g/mol.